The zero-order chi connectivity index (χ0) is 19.0. The fourth-order valence-electron chi connectivity index (χ4n) is 2.62. The first-order valence-electron chi connectivity index (χ1n) is 7.64. The van der Waals surface area contributed by atoms with Crippen LogP contribution in [-0.2, 0) is 16.8 Å². The van der Waals surface area contributed by atoms with Crippen molar-refractivity contribution in [3.8, 4) is 10.6 Å². The van der Waals surface area contributed by atoms with Gasteiger partial charge in [0.05, 0.1) is 17.1 Å². The van der Waals surface area contributed by atoms with Crippen molar-refractivity contribution >= 4 is 44.4 Å². The molecule has 1 aromatic carbocycles. The number of benzene rings is 1. The van der Waals surface area contributed by atoms with Crippen LogP contribution in [0.25, 0.3) is 21.7 Å². The second kappa shape index (κ2) is 6.57. The third kappa shape index (κ3) is 3.72. The fourth-order valence-corrected chi connectivity index (χ4v) is 3.76. The topological polar surface area (TPSA) is 149 Å². The van der Waals surface area contributed by atoms with Crippen LogP contribution in [0.15, 0.2) is 41.8 Å². The van der Waals surface area contributed by atoms with Crippen molar-refractivity contribution in [1.82, 2.24) is 25.0 Å². The number of aromatic nitrogens is 5. The zero-order valence-corrected chi connectivity index (χ0v) is 15.3. The lowest BCUT2D eigenvalue weighted by Crippen LogP contribution is -2.11. The number of anilines is 2. The Morgan fingerprint density at radius 3 is 2.81 bits per heavy atom. The summed E-state index contributed by atoms with van der Waals surface area (Å²) in [6, 6.07) is 10.4. The number of fused-ring (bicyclic) bond motifs is 1. The molecule has 0 amide bonds. The summed E-state index contributed by atoms with van der Waals surface area (Å²) in [6.45, 7) is 0.276. The smallest absolute Gasteiger partial charge is 0.357 e. The summed E-state index contributed by atoms with van der Waals surface area (Å²) >= 11 is 1.51. The Morgan fingerprint density at radius 2 is 2.07 bits per heavy atom. The number of nitrogens with two attached hydrogens (primary N) is 1. The maximum absolute atomic E-state index is 11.0. The van der Waals surface area contributed by atoms with Crippen molar-refractivity contribution in [2.45, 2.75) is 6.54 Å². The van der Waals surface area contributed by atoms with E-state index < -0.39 is 10.3 Å². The lowest BCUT2D eigenvalue weighted by molar-refractivity contribution is 0.489. The first-order chi connectivity index (χ1) is 12.9. The molecule has 3 heterocycles. The van der Waals surface area contributed by atoms with Gasteiger partial charge in [0, 0.05) is 0 Å². The second-order valence-electron chi connectivity index (χ2n) is 5.60. The Labute approximate surface area is 157 Å². The van der Waals surface area contributed by atoms with Gasteiger partial charge in [-0.25, -0.2) is 9.67 Å². The first kappa shape index (κ1) is 17.3. The molecule has 0 aliphatic heterocycles. The molecule has 27 heavy (non-hydrogen) atoms. The third-order valence-corrected chi connectivity index (χ3v) is 5.01. The van der Waals surface area contributed by atoms with Crippen molar-refractivity contribution < 1.29 is 13.0 Å². The van der Waals surface area contributed by atoms with Crippen molar-refractivity contribution in [1.29, 1.82) is 0 Å². The highest BCUT2D eigenvalue weighted by Gasteiger charge is 2.16. The summed E-state index contributed by atoms with van der Waals surface area (Å²) in [7, 11) is -4.35. The van der Waals surface area contributed by atoms with E-state index in [1.165, 1.54) is 17.4 Å². The van der Waals surface area contributed by atoms with Crippen molar-refractivity contribution in [3.63, 3.8) is 0 Å². The van der Waals surface area contributed by atoms with Gasteiger partial charge >= 0.3 is 10.3 Å². The highest BCUT2D eigenvalue weighted by molar-refractivity contribution is 7.87. The highest BCUT2D eigenvalue weighted by atomic mass is 32.2. The van der Waals surface area contributed by atoms with Crippen molar-refractivity contribution in [3.05, 3.63) is 47.3 Å². The Hall–Kier alpha value is -3.09. The van der Waals surface area contributed by atoms with E-state index in [0.717, 1.165) is 10.4 Å². The van der Waals surface area contributed by atoms with Crippen LogP contribution >= 0.6 is 11.3 Å². The fraction of sp³-hybridized carbons (Fsp3) is 0.0667. The van der Waals surface area contributed by atoms with Crippen molar-refractivity contribution in [2.24, 2.45) is 0 Å². The molecule has 4 rings (SSSR count). The van der Waals surface area contributed by atoms with E-state index in [1.807, 2.05) is 22.2 Å². The molecular weight excluding hydrogens is 390 g/mol. The number of nitrogens with one attached hydrogen (secondary N) is 1. The molecule has 4 aromatic rings. The second-order valence-corrected chi connectivity index (χ2v) is 7.71. The molecule has 0 saturated carbocycles. The minimum Gasteiger partial charge on any atom is -0.368 e. The normalized spacial score (nSPS) is 11.7. The quantitative estimate of drug-likeness (QED) is 0.427. The number of thiophene rings is 1. The SMILES string of the molecule is Nc1nc(-c2cccs2)c2nnn(Cc3cccc(NS(=O)(=O)O)c3)c2n1. The Balaban J connectivity index is 1.73. The van der Waals surface area contributed by atoms with E-state index in [1.54, 1.807) is 22.9 Å². The molecule has 0 unspecified atom stereocenters. The molecule has 0 bridgehead atoms. The monoisotopic (exact) mass is 403 g/mol. The third-order valence-electron chi connectivity index (χ3n) is 3.64. The van der Waals surface area contributed by atoms with Gasteiger partial charge in [-0.2, -0.15) is 13.4 Å². The highest BCUT2D eigenvalue weighted by Crippen LogP contribution is 2.29. The summed E-state index contributed by atoms with van der Waals surface area (Å²) in [4.78, 5) is 9.42. The zero-order valence-electron chi connectivity index (χ0n) is 13.6. The van der Waals surface area contributed by atoms with Crippen LogP contribution in [0.3, 0.4) is 0 Å². The van der Waals surface area contributed by atoms with Gasteiger partial charge < -0.3 is 5.73 Å². The number of rotatable bonds is 5. The van der Waals surface area contributed by atoms with Gasteiger partial charge in [-0.3, -0.25) is 9.27 Å². The standard InChI is InChI=1S/C15H13N7O3S2/c16-15-17-12(11-5-2-6-26-11)13-14(18-15)22(21-19-13)8-9-3-1-4-10(7-9)20-27(23,24)25/h1-7,20H,8H2,(H2,16,17,18)(H,23,24,25). The molecule has 0 aliphatic carbocycles. The van der Waals surface area contributed by atoms with Gasteiger partial charge in [-0.1, -0.05) is 23.4 Å². The summed E-state index contributed by atoms with van der Waals surface area (Å²) in [5.74, 6) is 0.108. The molecular formula is C15H13N7O3S2. The molecule has 4 N–H and O–H groups in total. The van der Waals surface area contributed by atoms with Crippen LogP contribution in [0.5, 0.6) is 0 Å². The van der Waals surface area contributed by atoms with Gasteiger partial charge in [0.25, 0.3) is 0 Å². The summed E-state index contributed by atoms with van der Waals surface area (Å²) in [6.07, 6.45) is 0. The van der Waals surface area contributed by atoms with Crippen molar-refractivity contribution in [2.75, 3.05) is 10.5 Å². The molecule has 12 heteroatoms. The molecule has 0 radical (unpaired) electrons. The Kier molecular flexibility index (Phi) is 4.22. The van der Waals surface area contributed by atoms with Crippen LogP contribution in [0.4, 0.5) is 11.6 Å². The Morgan fingerprint density at radius 1 is 1.22 bits per heavy atom. The molecule has 0 fully saturated rings. The van der Waals surface area contributed by atoms with Crippen LogP contribution in [0, 0.1) is 0 Å². The lowest BCUT2D eigenvalue weighted by Gasteiger charge is -2.07. The van der Waals surface area contributed by atoms with E-state index in [-0.39, 0.29) is 18.2 Å². The van der Waals surface area contributed by atoms with E-state index in [0.29, 0.717) is 16.9 Å². The largest absolute Gasteiger partial charge is 0.368 e. The molecule has 0 saturated heterocycles. The predicted octanol–water partition coefficient (Wildman–Crippen LogP) is 1.79. The number of hydrogen-bond acceptors (Lipinski definition) is 8. The van der Waals surface area contributed by atoms with Crippen LogP contribution < -0.4 is 10.5 Å². The van der Waals surface area contributed by atoms with E-state index in [2.05, 4.69) is 20.3 Å². The average Bonchev–Trinajstić information content (AvgIpc) is 3.24. The summed E-state index contributed by atoms with van der Waals surface area (Å²) < 4.78 is 34.4. The number of hydrogen-bond donors (Lipinski definition) is 3. The maximum atomic E-state index is 11.0. The van der Waals surface area contributed by atoms with E-state index >= 15 is 0 Å². The van der Waals surface area contributed by atoms with E-state index in [9.17, 15) is 8.42 Å². The van der Waals surface area contributed by atoms with Crippen LogP contribution in [0.2, 0.25) is 0 Å². The average molecular weight is 403 g/mol. The van der Waals surface area contributed by atoms with Gasteiger partial charge in [0.2, 0.25) is 5.95 Å². The van der Waals surface area contributed by atoms with Gasteiger partial charge in [-0.05, 0) is 29.1 Å². The molecule has 3 aromatic heterocycles. The predicted molar refractivity (Wildman–Crippen MR) is 102 cm³/mol. The van der Waals surface area contributed by atoms with Gasteiger partial charge in [0.1, 0.15) is 5.69 Å². The van der Waals surface area contributed by atoms with Gasteiger partial charge in [0.15, 0.2) is 11.2 Å². The minimum atomic E-state index is -4.35. The molecule has 0 spiro atoms. The molecule has 0 aliphatic rings. The Bertz CT molecular complexity index is 1220. The molecule has 138 valence electrons. The summed E-state index contributed by atoms with van der Waals surface area (Å²) in [5, 5.41) is 10.2. The van der Waals surface area contributed by atoms with E-state index in [4.69, 9.17) is 10.3 Å². The van der Waals surface area contributed by atoms with Crippen LogP contribution in [-0.4, -0.2) is 37.9 Å². The number of nitrogen functional groups attached to an aromatic ring is 1. The number of nitrogens with zero attached hydrogens (tertiary/aromatic N) is 5. The molecule has 10 nitrogen and oxygen atoms in total. The van der Waals surface area contributed by atoms with Gasteiger partial charge in [-0.15, -0.1) is 16.4 Å². The first-order valence-corrected chi connectivity index (χ1v) is 9.96. The summed E-state index contributed by atoms with van der Waals surface area (Å²) in [5.41, 5.74) is 8.42. The maximum Gasteiger partial charge on any atom is 0.357 e. The lowest BCUT2D eigenvalue weighted by atomic mass is 10.2. The van der Waals surface area contributed by atoms with Crippen LogP contribution in [0.1, 0.15) is 5.56 Å². The minimum absolute atomic E-state index is 0.108. The molecule has 0 atom stereocenters.